The highest BCUT2D eigenvalue weighted by atomic mass is 32.2. The fourth-order valence-electron chi connectivity index (χ4n) is 2.78. The van der Waals surface area contributed by atoms with Crippen molar-refractivity contribution in [3.05, 3.63) is 60.2 Å². The van der Waals surface area contributed by atoms with Gasteiger partial charge in [-0.15, -0.1) is 0 Å². The van der Waals surface area contributed by atoms with Gasteiger partial charge in [-0.3, -0.25) is 9.82 Å². The van der Waals surface area contributed by atoms with Gasteiger partial charge >= 0.3 is 6.18 Å². The number of benzene rings is 1. The Labute approximate surface area is 162 Å². The molecule has 0 radical (unpaired) electrons. The molecule has 0 aliphatic heterocycles. The second-order valence-corrected chi connectivity index (χ2v) is 7.85. The number of fused-ring (bicyclic) bond motifs is 1. The molecule has 2 N–H and O–H groups in total. The van der Waals surface area contributed by atoms with Crippen molar-refractivity contribution in [1.29, 1.82) is 0 Å². The van der Waals surface area contributed by atoms with Crippen LogP contribution in [0.3, 0.4) is 0 Å². The molecule has 0 saturated carbocycles. The van der Waals surface area contributed by atoms with Crippen LogP contribution in [0.25, 0.3) is 16.7 Å². The minimum absolute atomic E-state index is 0.0484. The molecule has 0 bridgehead atoms. The lowest BCUT2D eigenvalue weighted by atomic mass is 10.2. The van der Waals surface area contributed by atoms with Gasteiger partial charge in [0.1, 0.15) is 4.90 Å². The molecular formula is C17H13F3N6O2S. The van der Waals surface area contributed by atoms with Gasteiger partial charge in [-0.2, -0.15) is 23.4 Å². The molecule has 0 aliphatic carbocycles. The van der Waals surface area contributed by atoms with Crippen LogP contribution in [0.5, 0.6) is 0 Å². The number of alkyl halides is 3. The summed E-state index contributed by atoms with van der Waals surface area (Å²) in [6.45, 7) is 1.74. The highest BCUT2D eigenvalue weighted by Crippen LogP contribution is 2.29. The van der Waals surface area contributed by atoms with E-state index in [2.05, 4.69) is 25.0 Å². The molecule has 0 saturated heterocycles. The molecule has 4 rings (SSSR count). The van der Waals surface area contributed by atoms with Crippen LogP contribution in [-0.2, 0) is 16.2 Å². The van der Waals surface area contributed by atoms with E-state index in [1.807, 2.05) is 0 Å². The second-order valence-electron chi connectivity index (χ2n) is 6.17. The second kappa shape index (κ2) is 6.58. The maximum atomic E-state index is 12.7. The van der Waals surface area contributed by atoms with Crippen LogP contribution < -0.4 is 4.72 Å². The molecule has 0 unspecified atom stereocenters. The van der Waals surface area contributed by atoms with Crippen molar-refractivity contribution in [3.63, 3.8) is 0 Å². The van der Waals surface area contributed by atoms with Gasteiger partial charge in [0.2, 0.25) is 0 Å². The third-order valence-corrected chi connectivity index (χ3v) is 5.51. The van der Waals surface area contributed by atoms with Gasteiger partial charge in [0.15, 0.2) is 5.82 Å². The molecule has 8 nitrogen and oxygen atoms in total. The lowest BCUT2D eigenvalue weighted by Gasteiger charge is -2.08. The Balaban J connectivity index is 1.64. The van der Waals surface area contributed by atoms with Crippen LogP contribution in [0, 0.1) is 6.92 Å². The van der Waals surface area contributed by atoms with Gasteiger partial charge in [-0.05, 0) is 31.2 Å². The number of nitrogens with one attached hydrogen (secondary N) is 2. The van der Waals surface area contributed by atoms with E-state index in [-0.39, 0.29) is 10.7 Å². The summed E-state index contributed by atoms with van der Waals surface area (Å²) >= 11 is 0. The maximum absolute atomic E-state index is 12.7. The predicted octanol–water partition coefficient (Wildman–Crippen LogP) is 3.27. The van der Waals surface area contributed by atoms with Crippen molar-refractivity contribution in [2.24, 2.45) is 0 Å². The number of aromatic amines is 1. The first kappa shape index (κ1) is 18.9. The monoisotopic (exact) mass is 422 g/mol. The summed E-state index contributed by atoms with van der Waals surface area (Å²) in [5.41, 5.74) is 0.732. The minimum atomic E-state index is -4.51. The number of nitrogens with zero attached hydrogens (tertiary/aromatic N) is 4. The number of anilines is 1. The van der Waals surface area contributed by atoms with E-state index in [0.717, 1.165) is 23.0 Å². The first-order valence-electron chi connectivity index (χ1n) is 8.20. The lowest BCUT2D eigenvalue weighted by molar-refractivity contribution is -0.137. The average molecular weight is 422 g/mol. The van der Waals surface area contributed by atoms with Crippen molar-refractivity contribution < 1.29 is 21.6 Å². The van der Waals surface area contributed by atoms with Gasteiger partial charge in [0.25, 0.3) is 10.0 Å². The number of H-pyrrole nitrogens is 1. The van der Waals surface area contributed by atoms with E-state index in [4.69, 9.17) is 0 Å². The summed E-state index contributed by atoms with van der Waals surface area (Å²) in [6, 6.07) is 6.99. The summed E-state index contributed by atoms with van der Waals surface area (Å²) in [6.07, 6.45) is -1.60. The van der Waals surface area contributed by atoms with Crippen molar-refractivity contribution in [2.45, 2.75) is 18.0 Å². The summed E-state index contributed by atoms with van der Waals surface area (Å²) in [7, 11) is -4.00. The number of aromatic nitrogens is 5. The summed E-state index contributed by atoms with van der Waals surface area (Å²) in [5, 5.41) is 11.4. The van der Waals surface area contributed by atoms with E-state index in [9.17, 15) is 21.6 Å². The van der Waals surface area contributed by atoms with Gasteiger partial charge in [-0.1, -0.05) is 6.07 Å². The number of aryl methyl sites for hydroxylation is 1. The van der Waals surface area contributed by atoms with Crippen LogP contribution in [0.2, 0.25) is 0 Å². The minimum Gasteiger partial charge on any atom is -0.279 e. The van der Waals surface area contributed by atoms with Gasteiger partial charge in [-0.25, -0.2) is 18.1 Å². The third-order valence-electron chi connectivity index (χ3n) is 4.19. The summed E-state index contributed by atoms with van der Waals surface area (Å²) in [5.74, 6) is 0.0484. The normalized spacial score (nSPS) is 12.4. The Bertz CT molecular complexity index is 1290. The molecule has 0 spiro atoms. The highest BCUT2D eigenvalue weighted by molar-refractivity contribution is 7.92. The van der Waals surface area contributed by atoms with Crippen LogP contribution >= 0.6 is 0 Å². The standard InChI is InChI=1S/C17H13F3N6O2S/c1-10-16-13(24-23-10)3-2-4-14(16)25-29(27,28)12-8-22-26(9-12)15-6-5-11(7-21-15)17(18,19)20/h2-9,25H,1H3,(H,23,24). The molecule has 150 valence electrons. The summed E-state index contributed by atoms with van der Waals surface area (Å²) in [4.78, 5) is 3.52. The Kier molecular flexibility index (Phi) is 4.30. The van der Waals surface area contributed by atoms with Crippen LogP contribution in [0.4, 0.5) is 18.9 Å². The van der Waals surface area contributed by atoms with Crippen LogP contribution in [-0.4, -0.2) is 33.4 Å². The van der Waals surface area contributed by atoms with E-state index in [0.29, 0.717) is 28.5 Å². The maximum Gasteiger partial charge on any atom is 0.417 e. The molecule has 12 heteroatoms. The molecule has 0 amide bonds. The molecule has 0 atom stereocenters. The number of hydrogen-bond donors (Lipinski definition) is 2. The number of pyridine rings is 1. The molecule has 29 heavy (non-hydrogen) atoms. The fraction of sp³-hybridized carbons (Fsp3) is 0.118. The molecule has 0 fully saturated rings. The van der Waals surface area contributed by atoms with Crippen molar-refractivity contribution in [3.8, 4) is 5.82 Å². The first-order chi connectivity index (χ1) is 13.6. The Morgan fingerprint density at radius 2 is 1.93 bits per heavy atom. The molecule has 0 aliphatic rings. The fourth-order valence-corrected chi connectivity index (χ4v) is 3.79. The number of rotatable bonds is 4. The zero-order chi connectivity index (χ0) is 20.8. The Morgan fingerprint density at radius 3 is 2.62 bits per heavy atom. The van der Waals surface area contributed by atoms with E-state index in [1.165, 1.54) is 6.20 Å². The van der Waals surface area contributed by atoms with Crippen molar-refractivity contribution >= 4 is 26.6 Å². The van der Waals surface area contributed by atoms with Gasteiger partial charge < -0.3 is 0 Å². The van der Waals surface area contributed by atoms with E-state index in [1.54, 1.807) is 25.1 Å². The predicted molar refractivity (Wildman–Crippen MR) is 98.0 cm³/mol. The van der Waals surface area contributed by atoms with Crippen molar-refractivity contribution in [1.82, 2.24) is 25.0 Å². The van der Waals surface area contributed by atoms with Gasteiger partial charge in [0, 0.05) is 11.6 Å². The largest absolute Gasteiger partial charge is 0.417 e. The topological polar surface area (TPSA) is 106 Å². The van der Waals surface area contributed by atoms with Gasteiger partial charge in [0.05, 0.1) is 34.9 Å². The number of sulfonamides is 1. The van der Waals surface area contributed by atoms with Crippen LogP contribution in [0.15, 0.2) is 53.8 Å². The molecule has 3 aromatic heterocycles. The molecule has 3 heterocycles. The third kappa shape index (κ3) is 3.53. The van der Waals surface area contributed by atoms with Crippen LogP contribution in [0.1, 0.15) is 11.3 Å². The zero-order valence-electron chi connectivity index (χ0n) is 14.8. The van der Waals surface area contributed by atoms with E-state index < -0.39 is 21.8 Å². The Morgan fingerprint density at radius 1 is 1.14 bits per heavy atom. The zero-order valence-corrected chi connectivity index (χ0v) is 15.6. The SMILES string of the molecule is Cc1n[nH]c2cccc(NS(=O)(=O)c3cnn(-c4ccc(C(F)(F)F)cn4)c3)c12. The molecule has 1 aromatic carbocycles. The number of hydrogen-bond acceptors (Lipinski definition) is 5. The lowest BCUT2D eigenvalue weighted by Crippen LogP contribution is -2.12. The smallest absolute Gasteiger partial charge is 0.279 e. The number of halogens is 3. The highest BCUT2D eigenvalue weighted by Gasteiger charge is 2.30. The first-order valence-corrected chi connectivity index (χ1v) is 9.68. The molecular weight excluding hydrogens is 409 g/mol. The average Bonchev–Trinajstić information content (AvgIpc) is 3.29. The van der Waals surface area contributed by atoms with E-state index >= 15 is 0 Å². The quantitative estimate of drug-likeness (QED) is 0.525. The van der Waals surface area contributed by atoms with Crippen molar-refractivity contribution in [2.75, 3.05) is 4.72 Å². The Hall–Kier alpha value is -3.41. The summed E-state index contributed by atoms with van der Waals surface area (Å²) < 4.78 is 67.0. The molecule has 4 aromatic rings.